The zero-order valence-electron chi connectivity index (χ0n) is 9.71. The third kappa shape index (κ3) is 1.52. The van der Waals surface area contributed by atoms with Crippen LogP contribution in [0.25, 0.3) is 27.6 Å². The molecule has 0 bridgehead atoms. The molecule has 1 aromatic carbocycles. The van der Waals surface area contributed by atoms with Crippen LogP contribution >= 0.6 is 11.6 Å². The Morgan fingerprint density at radius 3 is 3.05 bits per heavy atom. The summed E-state index contributed by atoms with van der Waals surface area (Å²) in [7, 11) is 0. The topological polar surface area (TPSA) is 59.4 Å². The number of benzene rings is 1. The van der Waals surface area contributed by atoms with Crippen molar-refractivity contribution in [3.63, 3.8) is 0 Å². The van der Waals surface area contributed by atoms with E-state index in [9.17, 15) is 0 Å². The molecule has 1 N–H and O–H groups in total. The molecule has 0 radical (unpaired) electrons. The molecule has 0 saturated heterocycles. The van der Waals surface area contributed by atoms with Crippen LogP contribution < -0.4 is 0 Å². The van der Waals surface area contributed by atoms with E-state index in [2.05, 4.69) is 20.1 Å². The molecule has 0 amide bonds. The van der Waals surface area contributed by atoms with Gasteiger partial charge in [0.25, 0.3) is 0 Å². The Kier molecular flexibility index (Phi) is 2.10. The van der Waals surface area contributed by atoms with Crippen LogP contribution in [-0.2, 0) is 0 Å². The molecule has 0 aliphatic rings. The van der Waals surface area contributed by atoms with Gasteiger partial charge in [-0.15, -0.1) is 0 Å². The number of nitrogens with one attached hydrogen (secondary N) is 1. The highest BCUT2D eigenvalue weighted by molar-refractivity contribution is 6.33. The van der Waals surface area contributed by atoms with Crippen LogP contribution in [0.3, 0.4) is 0 Å². The predicted octanol–water partition coefficient (Wildman–Crippen LogP) is 2.95. The summed E-state index contributed by atoms with van der Waals surface area (Å²) in [5.74, 6) is 0. The summed E-state index contributed by atoms with van der Waals surface area (Å²) >= 11 is 6.03. The Morgan fingerprint density at radius 2 is 2.11 bits per heavy atom. The first-order chi connectivity index (χ1) is 9.33. The van der Waals surface area contributed by atoms with Gasteiger partial charge in [0.1, 0.15) is 11.5 Å². The molecule has 0 aliphatic heterocycles. The van der Waals surface area contributed by atoms with Crippen molar-refractivity contribution in [2.45, 2.75) is 0 Å². The number of aromatic nitrogens is 5. The van der Waals surface area contributed by atoms with Crippen LogP contribution in [0.4, 0.5) is 0 Å². The van der Waals surface area contributed by atoms with E-state index in [1.165, 1.54) is 6.33 Å². The van der Waals surface area contributed by atoms with Crippen molar-refractivity contribution in [1.29, 1.82) is 0 Å². The second-order valence-corrected chi connectivity index (χ2v) is 4.57. The largest absolute Gasteiger partial charge is 0.361 e. The summed E-state index contributed by atoms with van der Waals surface area (Å²) in [6.45, 7) is 0. The van der Waals surface area contributed by atoms with Crippen LogP contribution in [0.15, 0.2) is 43.0 Å². The zero-order valence-corrected chi connectivity index (χ0v) is 10.5. The predicted molar refractivity (Wildman–Crippen MR) is 73.5 cm³/mol. The van der Waals surface area contributed by atoms with Gasteiger partial charge in [0.15, 0.2) is 5.65 Å². The SMILES string of the molecule is Clc1ncnc2c1cnn2-c1ccc2[nH]ccc2c1. The highest BCUT2D eigenvalue weighted by Crippen LogP contribution is 2.23. The molecule has 5 nitrogen and oxygen atoms in total. The molecule has 0 fully saturated rings. The number of aromatic amines is 1. The average Bonchev–Trinajstić information content (AvgIpc) is 3.04. The molecule has 0 saturated carbocycles. The molecule has 4 aromatic rings. The number of H-pyrrole nitrogens is 1. The first-order valence-corrected chi connectivity index (χ1v) is 6.12. The summed E-state index contributed by atoms with van der Waals surface area (Å²) in [4.78, 5) is 11.4. The first kappa shape index (κ1) is 10.5. The van der Waals surface area contributed by atoms with Crippen LogP contribution in [-0.4, -0.2) is 24.7 Å². The highest BCUT2D eigenvalue weighted by atomic mass is 35.5. The van der Waals surface area contributed by atoms with Crippen molar-refractivity contribution in [3.05, 3.63) is 48.1 Å². The minimum absolute atomic E-state index is 0.416. The normalized spacial score (nSPS) is 11.4. The van der Waals surface area contributed by atoms with Crippen molar-refractivity contribution in [2.24, 2.45) is 0 Å². The van der Waals surface area contributed by atoms with Crippen molar-refractivity contribution in [3.8, 4) is 5.69 Å². The van der Waals surface area contributed by atoms with Crippen LogP contribution in [0.5, 0.6) is 0 Å². The monoisotopic (exact) mass is 269 g/mol. The third-order valence-corrected chi connectivity index (χ3v) is 3.40. The lowest BCUT2D eigenvalue weighted by atomic mass is 10.2. The van der Waals surface area contributed by atoms with Gasteiger partial charge in [0.05, 0.1) is 17.3 Å². The maximum atomic E-state index is 6.03. The lowest BCUT2D eigenvalue weighted by Crippen LogP contribution is -1.97. The number of fused-ring (bicyclic) bond motifs is 2. The second-order valence-electron chi connectivity index (χ2n) is 4.21. The maximum Gasteiger partial charge on any atom is 0.167 e. The molecular weight excluding hydrogens is 262 g/mol. The summed E-state index contributed by atoms with van der Waals surface area (Å²) in [6.07, 6.45) is 5.03. The van der Waals surface area contributed by atoms with E-state index in [-0.39, 0.29) is 0 Å². The molecule has 6 heteroatoms. The molecule has 0 atom stereocenters. The fourth-order valence-electron chi connectivity index (χ4n) is 2.18. The molecule has 3 aromatic heterocycles. The van der Waals surface area contributed by atoms with Crippen molar-refractivity contribution in [2.75, 3.05) is 0 Å². The number of hydrogen-bond donors (Lipinski definition) is 1. The first-order valence-electron chi connectivity index (χ1n) is 5.75. The number of nitrogens with zero attached hydrogens (tertiary/aromatic N) is 4. The molecule has 19 heavy (non-hydrogen) atoms. The third-order valence-electron chi connectivity index (χ3n) is 3.10. The number of rotatable bonds is 1. The molecule has 0 unspecified atom stereocenters. The Balaban J connectivity index is 2.00. The summed E-state index contributed by atoms with van der Waals surface area (Å²) < 4.78 is 1.76. The van der Waals surface area contributed by atoms with E-state index in [0.717, 1.165) is 22.0 Å². The maximum absolute atomic E-state index is 6.03. The molecule has 4 rings (SSSR count). The lowest BCUT2D eigenvalue weighted by Gasteiger charge is -2.03. The van der Waals surface area contributed by atoms with Crippen LogP contribution in [0.2, 0.25) is 5.15 Å². The van der Waals surface area contributed by atoms with E-state index in [1.807, 2.05) is 30.5 Å². The minimum Gasteiger partial charge on any atom is -0.361 e. The standard InChI is InChI=1S/C13H8ClN5/c14-12-10-6-18-19(13(10)17-7-16-12)9-1-2-11-8(5-9)3-4-15-11/h1-7,15H. The van der Waals surface area contributed by atoms with Crippen molar-refractivity contribution in [1.82, 2.24) is 24.7 Å². The zero-order chi connectivity index (χ0) is 12.8. The molecule has 92 valence electrons. The fourth-order valence-corrected chi connectivity index (χ4v) is 2.35. The van der Waals surface area contributed by atoms with Gasteiger partial charge < -0.3 is 4.98 Å². The number of hydrogen-bond acceptors (Lipinski definition) is 3. The second kappa shape index (κ2) is 3.80. The lowest BCUT2D eigenvalue weighted by molar-refractivity contribution is 0.896. The van der Waals surface area contributed by atoms with Crippen molar-refractivity contribution < 1.29 is 0 Å². The summed E-state index contributed by atoms with van der Waals surface area (Å²) in [5, 5.41) is 6.63. The quantitative estimate of drug-likeness (QED) is 0.541. The van der Waals surface area contributed by atoms with Gasteiger partial charge in [-0.25, -0.2) is 14.6 Å². The minimum atomic E-state index is 0.416. The summed E-state index contributed by atoms with van der Waals surface area (Å²) in [5.41, 5.74) is 2.74. The summed E-state index contributed by atoms with van der Waals surface area (Å²) in [6, 6.07) is 8.07. The van der Waals surface area contributed by atoms with E-state index < -0.39 is 0 Å². The molecule has 3 heterocycles. The molecule has 0 spiro atoms. The van der Waals surface area contributed by atoms with Gasteiger partial charge in [-0.2, -0.15) is 5.10 Å². The Bertz CT molecular complexity index is 892. The van der Waals surface area contributed by atoms with Gasteiger partial charge in [0, 0.05) is 17.1 Å². The molecular formula is C13H8ClN5. The van der Waals surface area contributed by atoms with Gasteiger partial charge in [-0.05, 0) is 24.3 Å². The Hall–Kier alpha value is -2.40. The van der Waals surface area contributed by atoms with E-state index in [0.29, 0.717) is 10.8 Å². The number of halogens is 1. The van der Waals surface area contributed by atoms with Crippen LogP contribution in [0, 0.1) is 0 Å². The van der Waals surface area contributed by atoms with Gasteiger partial charge in [0.2, 0.25) is 0 Å². The van der Waals surface area contributed by atoms with Crippen molar-refractivity contribution >= 4 is 33.5 Å². The molecule has 0 aliphatic carbocycles. The van der Waals surface area contributed by atoms with E-state index >= 15 is 0 Å². The van der Waals surface area contributed by atoms with Crippen LogP contribution in [0.1, 0.15) is 0 Å². The fraction of sp³-hybridized carbons (Fsp3) is 0. The Morgan fingerprint density at radius 1 is 1.16 bits per heavy atom. The van der Waals surface area contributed by atoms with Gasteiger partial charge in [-0.3, -0.25) is 0 Å². The van der Waals surface area contributed by atoms with Gasteiger partial charge >= 0.3 is 0 Å². The van der Waals surface area contributed by atoms with Gasteiger partial charge in [-0.1, -0.05) is 11.6 Å². The average molecular weight is 270 g/mol. The highest BCUT2D eigenvalue weighted by Gasteiger charge is 2.10. The van der Waals surface area contributed by atoms with E-state index in [1.54, 1.807) is 10.9 Å². The Labute approximate surface area is 112 Å². The smallest absolute Gasteiger partial charge is 0.167 e. The van der Waals surface area contributed by atoms with E-state index in [4.69, 9.17) is 11.6 Å².